The van der Waals surface area contributed by atoms with Crippen LogP contribution in [0.3, 0.4) is 0 Å². The van der Waals surface area contributed by atoms with E-state index in [9.17, 15) is 0 Å². The summed E-state index contributed by atoms with van der Waals surface area (Å²) in [7, 11) is 5.25. The standard InChI is InChI=1S/C16H23NO5/c1-10-20-8-13-15(9-21-10)22-17(2)16(13)12-6-5-11(18-3)7-14(12)19-4/h5-7,10,13,15-16H,8-9H2,1-4H3. The Kier molecular flexibility index (Phi) is 4.54. The maximum Gasteiger partial charge on any atom is 0.154 e. The molecule has 2 saturated heterocycles. The third-order valence-electron chi connectivity index (χ3n) is 4.35. The molecule has 22 heavy (non-hydrogen) atoms. The predicted molar refractivity (Wildman–Crippen MR) is 79.8 cm³/mol. The Morgan fingerprint density at radius 1 is 1.14 bits per heavy atom. The summed E-state index contributed by atoms with van der Waals surface area (Å²) >= 11 is 0. The van der Waals surface area contributed by atoms with Gasteiger partial charge in [0.25, 0.3) is 0 Å². The lowest BCUT2D eigenvalue weighted by atomic mass is 9.90. The molecule has 1 aromatic rings. The smallest absolute Gasteiger partial charge is 0.154 e. The highest BCUT2D eigenvalue weighted by Gasteiger charge is 2.45. The van der Waals surface area contributed by atoms with Crippen molar-refractivity contribution in [2.75, 3.05) is 34.5 Å². The van der Waals surface area contributed by atoms with Crippen LogP contribution in [-0.2, 0) is 14.3 Å². The maximum atomic E-state index is 5.96. The Morgan fingerprint density at radius 2 is 1.91 bits per heavy atom. The van der Waals surface area contributed by atoms with Gasteiger partial charge in [-0.1, -0.05) is 0 Å². The van der Waals surface area contributed by atoms with Gasteiger partial charge in [-0.3, -0.25) is 4.84 Å². The van der Waals surface area contributed by atoms with Gasteiger partial charge < -0.3 is 18.9 Å². The number of hydrogen-bond acceptors (Lipinski definition) is 6. The monoisotopic (exact) mass is 309 g/mol. The summed E-state index contributed by atoms with van der Waals surface area (Å²) in [5, 5.41) is 1.88. The van der Waals surface area contributed by atoms with Crippen LogP contribution in [-0.4, -0.2) is 51.9 Å². The second kappa shape index (κ2) is 6.42. The number of rotatable bonds is 3. The largest absolute Gasteiger partial charge is 0.497 e. The van der Waals surface area contributed by atoms with Gasteiger partial charge in [-0.2, -0.15) is 5.06 Å². The van der Waals surface area contributed by atoms with Gasteiger partial charge in [0, 0.05) is 24.6 Å². The van der Waals surface area contributed by atoms with Crippen molar-refractivity contribution < 1.29 is 23.8 Å². The molecule has 2 fully saturated rings. The molecule has 3 rings (SSSR count). The van der Waals surface area contributed by atoms with Crippen molar-refractivity contribution in [3.63, 3.8) is 0 Å². The normalized spacial score (nSPS) is 32.4. The second-order valence-corrected chi connectivity index (χ2v) is 5.64. The van der Waals surface area contributed by atoms with Crippen LogP contribution in [0.15, 0.2) is 18.2 Å². The third-order valence-corrected chi connectivity index (χ3v) is 4.35. The van der Waals surface area contributed by atoms with Crippen molar-refractivity contribution in [2.24, 2.45) is 5.92 Å². The zero-order valence-corrected chi connectivity index (χ0v) is 13.4. The molecule has 0 bridgehead atoms. The number of hydrogen-bond donors (Lipinski definition) is 0. The molecule has 0 saturated carbocycles. The van der Waals surface area contributed by atoms with Crippen LogP contribution in [0.2, 0.25) is 0 Å². The minimum absolute atomic E-state index is 0.00763. The summed E-state index contributed by atoms with van der Waals surface area (Å²) in [5.74, 6) is 1.75. The van der Waals surface area contributed by atoms with Crippen molar-refractivity contribution in [2.45, 2.75) is 25.4 Å². The van der Waals surface area contributed by atoms with Gasteiger partial charge >= 0.3 is 0 Å². The van der Waals surface area contributed by atoms with Crippen LogP contribution < -0.4 is 9.47 Å². The molecule has 0 radical (unpaired) electrons. The Labute approximate surface area is 130 Å². The highest BCUT2D eigenvalue weighted by atomic mass is 16.7. The van der Waals surface area contributed by atoms with Crippen LogP contribution in [0, 0.1) is 5.92 Å². The molecule has 0 aromatic heterocycles. The SMILES string of the molecule is COc1ccc(C2C3COC(C)OCC3ON2C)c(OC)c1. The first-order valence-corrected chi connectivity index (χ1v) is 7.48. The van der Waals surface area contributed by atoms with E-state index < -0.39 is 0 Å². The summed E-state index contributed by atoms with van der Waals surface area (Å²) in [4.78, 5) is 5.96. The first-order chi connectivity index (χ1) is 10.6. The first-order valence-electron chi connectivity index (χ1n) is 7.48. The van der Waals surface area contributed by atoms with E-state index in [1.165, 1.54) is 0 Å². The molecule has 0 spiro atoms. The molecule has 2 heterocycles. The van der Waals surface area contributed by atoms with E-state index in [0.717, 1.165) is 17.1 Å². The van der Waals surface area contributed by atoms with Gasteiger partial charge in [-0.15, -0.1) is 0 Å². The Hall–Kier alpha value is -1.34. The number of ether oxygens (including phenoxy) is 4. The minimum atomic E-state index is -0.196. The minimum Gasteiger partial charge on any atom is -0.497 e. The fourth-order valence-corrected chi connectivity index (χ4v) is 3.20. The van der Waals surface area contributed by atoms with Crippen molar-refractivity contribution in [1.29, 1.82) is 0 Å². The van der Waals surface area contributed by atoms with Crippen molar-refractivity contribution >= 4 is 0 Å². The summed E-state index contributed by atoms with van der Waals surface area (Å²) in [6.07, 6.45) is -0.204. The summed E-state index contributed by atoms with van der Waals surface area (Å²) in [5.41, 5.74) is 1.07. The van der Waals surface area contributed by atoms with E-state index in [1.54, 1.807) is 14.2 Å². The van der Waals surface area contributed by atoms with Crippen LogP contribution >= 0.6 is 0 Å². The number of benzene rings is 1. The topological polar surface area (TPSA) is 49.4 Å². The van der Waals surface area contributed by atoms with Gasteiger partial charge in [0.05, 0.1) is 33.5 Å². The molecule has 2 aliphatic rings. The fourth-order valence-electron chi connectivity index (χ4n) is 3.20. The first kappa shape index (κ1) is 15.6. The number of nitrogens with zero attached hydrogens (tertiary/aromatic N) is 1. The van der Waals surface area contributed by atoms with Gasteiger partial charge in [0.15, 0.2) is 6.29 Å². The molecule has 2 aliphatic heterocycles. The molecule has 122 valence electrons. The second-order valence-electron chi connectivity index (χ2n) is 5.64. The van der Waals surface area contributed by atoms with E-state index >= 15 is 0 Å². The highest BCUT2D eigenvalue weighted by Crippen LogP contribution is 2.43. The molecule has 0 N–H and O–H groups in total. The molecule has 4 unspecified atom stereocenters. The van der Waals surface area contributed by atoms with E-state index in [4.69, 9.17) is 23.8 Å². The molecule has 0 aliphatic carbocycles. The quantitative estimate of drug-likeness (QED) is 0.851. The van der Waals surface area contributed by atoms with Crippen molar-refractivity contribution in [3.05, 3.63) is 23.8 Å². The molecule has 6 nitrogen and oxygen atoms in total. The van der Waals surface area contributed by atoms with E-state index in [-0.39, 0.29) is 24.4 Å². The molecule has 0 amide bonds. The Balaban J connectivity index is 1.92. The van der Waals surface area contributed by atoms with Gasteiger partial charge in [0.2, 0.25) is 0 Å². The number of hydroxylamine groups is 2. The maximum absolute atomic E-state index is 5.96. The average Bonchev–Trinajstić information content (AvgIpc) is 2.74. The average molecular weight is 309 g/mol. The summed E-state index contributed by atoms with van der Waals surface area (Å²) < 4.78 is 22.2. The van der Waals surface area contributed by atoms with E-state index in [2.05, 4.69) is 0 Å². The molecule has 4 atom stereocenters. The highest BCUT2D eigenvalue weighted by molar-refractivity contribution is 5.43. The number of fused-ring (bicyclic) bond motifs is 1. The summed E-state index contributed by atoms with van der Waals surface area (Å²) in [6, 6.07) is 5.92. The molecule has 6 heteroatoms. The van der Waals surface area contributed by atoms with Crippen LogP contribution in [0.4, 0.5) is 0 Å². The third kappa shape index (κ3) is 2.79. The zero-order chi connectivity index (χ0) is 15.7. The zero-order valence-electron chi connectivity index (χ0n) is 13.4. The van der Waals surface area contributed by atoms with Crippen molar-refractivity contribution in [1.82, 2.24) is 5.06 Å². The fraction of sp³-hybridized carbons (Fsp3) is 0.625. The van der Waals surface area contributed by atoms with Crippen LogP contribution in [0.1, 0.15) is 18.5 Å². The van der Waals surface area contributed by atoms with Crippen LogP contribution in [0.5, 0.6) is 11.5 Å². The molecular weight excluding hydrogens is 286 g/mol. The lowest BCUT2D eigenvalue weighted by Crippen LogP contribution is -2.26. The van der Waals surface area contributed by atoms with Crippen molar-refractivity contribution in [3.8, 4) is 11.5 Å². The van der Waals surface area contributed by atoms with E-state index in [0.29, 0.717) is 13.2 Å². The lowest BCUT2D eigenvalue weighted by molar-refractivity contribution is -0.180. The molecule has 1 aromatic carbocycles. The number of methoxy groups -OCH3 is 2. The lowest BCUT2D eigenvalue weighted by Gasteiger charge is -2.25. The van der Waals surface area contributed by atoms with Gasteiger partial charge in [-0.05, 0) is 19.1 Å². The van der Waals surface area contributed by atoms with Gasteiger partial charge in [-0.25, -0.2) is 0 Å². The molecular formula is C16H23NO5. The Morgan fingerprint density at radius 3 is 2.64 bits per heavy atom. The summed E-state index contributed by atoms with van der Waals surface area (Å²) in [6.45, 7) is 3.04. The predicted octanol–water partition coefficient (Wildman–Crippen LogP) is 2.00. The van der Waals surface area contributed by atoms with Gasteiger partial charge in [0.1, 0.15) is 17.6 Å². The Bertz CT molecular complexity index is 523. The van der Waals surface area contributed by atoms with Crippen LogP contribution in [0.25, 0.3) is 0 Å². The van der Waals surface area contributed by atoms with E-state index in [1.807, 2.05) is 37.2 Å².